The average Bonchev–Trinajstić information content (AvgIpc) is 3.12. The molecule has 8 nitrogen and oxygen atoms in total. The van der Waals surface area contributed by atoms with Gasteiger partial charge in [0.15, 0.2) is 0 Å². The number of ether oxygens (including phenoxy) is 2. The number of carbonyl (C=O) groups excluding carboxylic acids is 3. The van der Waals surface area contributed by atoms with Crippen LogP contribution in [0.15, 0.2) is 0 Å². The van der Waals surface area contributed by atoms with Gasteiger partial charge in [-0.2, -0.15) is 0 Å². The van der Waals surface area contributed by atoms with Crippen molar-refractivity contribution in [3.8, 4) is 0 Å². The predicted molar refractivity (Wildman–Crippen MR) is 109 cm³/mol. The van der Waals surface area contributed by atoms with Crippen LogP contribution in [0, 0.1) is 23.2 Å². The summed E-state index contributed by atoms with van der Waals surface area (Å²) in [4.78, 5) is 40.6. The third-order valence-corrected chi connectivity index (χ3v) is 7.60. The lowest BCUT2D eigenvalue weighted by atomic mass is 9.48. The first-order valence-electron chi connectivity index (χ1n) is 11.2. The molecule has 30 heavy (non-hydrogen) atoms. The van der Waals surface area contributed by atoms with Crippen LogP contribution in [0.4, 0.5) is 9.59 Å². The van der Waals surface area contributed by atoms with E-state index in [0.717, 1.165) is 32.1 Å². The second kappa shape index (κ2) is 7.31. The van der Waals surface area contributed by atoms with Crippen molar-refractivity contribution < 1.29 is 23.9 Å². The third kappa shape index (κ3) is 3.85. The molecule has 0 aromatic rings. The summed E-state index contributed by atoms with van der Waals surface area (Å²) in [5, 5.41) is 0. The van der Waals surface area contributed by atoms with E-state index in [1.54, 1.807) is 16.8 Å². The summed E-state index contributed by atoms with van der Waals surface area (Å²) in [6.07, 6.45) is 4.34. The normalized spacial score (nSPS) is 37.2. The van der Waals surface area contributed by atoms with Crippen molar-refractivity contribution in [2.24, 2.45) is 28.9 Å². The van der Waals surface area contributed by atoms with Gasteiger partial charge >= 0.3 is 12.2 Å². The topological polar surface area (TPSA) is 102 Å². The van der Waals surface area contributed by atoms with Gasteiger partial charge in [0.25, 0.3) is 0 Å². The molecule has 1 saturated heterocycles. The van der Waals surface area contributed by atoms with Crippen LogP contribution in [0.1, 0.15) is 59.3 Å². The number of hydrogen-bond acceptors (Lipinski definition) is 5. The fourth-order valence-corrected chi connectivity index (χ4v) is 6.37. The molecule has 0 aromatic carbocycles. The summed E-state index contributed by atoms with van der Waals surface area (Å²) in [6, 6.07) is -0.0796. The number of nitrogens with two attached hydrogens (primary N) is 1. The third-order valence-electron chi connectivity index (χ3n) is 7.60. The van der Waals surface area contributed by atoms with E-state index in [1.807, 2.05) is 20.8 Å². The van der Waals surface area contributed by atoms with E-state index in [0.29, 0.717) is 25.4 Å². The molecular weight excluding hydrogens is 386 g/mol. The van der Waals surface area contributed by atoms with E-state index >= 15 is 0 Å². The van der Waals surface area contributed by atoms with Crippen molar-refractivity contribution in [1.82, 2.24) is 9.80 Å². The van der Waals surface area contributed by atoms with Crippen LogP contribution in [-0.2, 0) is 14.3 Å². The molecule has 3 unspecified atom stereocenters. The Morgan fingerprint density at radius 1 is 1.10 bits per heavy atom. The summed E-state index contributed by atoms with van der Waals surface area (Å²) >= 11 is 0. The number of nitrogens with zero attached hydrogens (tertiary/aromatic N) is 2. The highest BCUT2D eigenvalue weighted by Crippen LogP contribution is 2.60. The van der Waals surface area contributed by atoms with E-state index in [-0.39, 0.29) is 47.5 Å². The smallest absolute Gasteiger partial charge is 0.410 e. The molecule has 3 amide bonds. The van der Waals surface area contributed by atoms with Gasteiger partial charge in [-0.05, 0) is 77.0 Å². The molecule has 1 heterocycles. The molecule has 0 radical (unpaired) electrons. The average molecular weight is 422 g/mol. The zero-order chi connectivity index (χ0) is 21.8. The highest BCUT2D eigenvalue weighted by atomic mass is 16.6. The lowest BCUT2D eigenvalue weighted by Crippen LogP contribution is -2.59. The molecule has 4 bridgehead atoms. The van der Waals surface area contributed by atoms with Crippen LogP contribution in [0.3, 0.4) is 0 Å². The summed E-state index contributed by atoms with van der Waals surface area (Å²) in [6.45, 7) is 6.52. The highest BCUT2D eigenvalue weighted by molar-refractivity contribution is 5.81. The molecule has 0 aromatic heterocycles. The number of primary amides is 1. The largest absolute Gasteiger partial charge is 0.446 e. The number of carbonyl (C=O) groups is 3. The van der Waals surface area contributed by atoms with Crippen molar-refractivity contribution in [1.29, 1.82) is 0 Å². The number of amides is 3. The van der Waals surface area contributed by atoms with Gasteiger partial charge in [0.1, 0.15) is 11.7 Å². The van der Waals surface area contributed by atoms with Crippen LogP contribution < -0.4 is 5.73 Å². The van der Waals surface area contributed by atoms with Crippen molar-refractivity contribution in [2.45, 2.75) is 77.0 Å². The molecule has 168 valence electrons. The Bertz CT molecular complexity index is 717. The zero-order valence-electron chi connectivity index (χ0n) is 18.6. The van der Waals surface area contributed by atoms with Crippen molar-refractivity contribution in [3.05, 3.63) is 0 Å². The Kier molecular flexibility index (Phi) is 5.18. The minimum atomic E-state index is -0.551. The summed E-state index contributed by atoms with van der Waals surface area (Å²) in [5.41, 5.74) is 4.81. The Labute approximate surface area is 178 Å². The summed E-state index contributed by atoms with van der Waals surface area (Å²) in [5.74, 6) is 0.814. The Balaban J connectivity index is 1.33. The SMILES string of the molecule is CN(C(=O)OC(C)(C)C)[C@@H]1CCN(C(=O)OC2C3CC4C[C@H]2C[C@@](C(N)=O)(C4)C3)C1. The van der Waals surface area contributed by atoms with Gasteiger partial charge in [0.2, 0.25) is 5.91 Å². The van der Waals surface area contributed by atoms with Crippen molar-refractivity contribution in [3.63, 3.8) is 0 Å². The summed E-state index contributed by atoms with van der Waals surface area (Å²) in [7, 11) is 1.72. The number of likely N-dealkylation sites (tertiary alicyclic amines) is 1. The molecule has 6 atom stereocenters. The van der Waals surface area contributed by atoms with Gasteiger partial charge in [0, 0.05) is 20.1 Å². The van der Waals surface area contributed by atoms with Gasteiger partial charge in [0.05, 0.1) is 11.5 Å². The molecule has 1 aliphatic heterocycles. The second-order valence-electron chi connectivity index (χ2n) is 10.9. The number of likely N-dealkylation sites (N-methyl/N-ethyl adjacent to an activating group) is 1. The molecule has 4 aliphatic carbocycles. The first-order chi connectivity index (χ1) is 14.0. The molecule has 4 saturated carbocycles. The van der Waals surface area contributed by atoms with Crippen molar-refractivity contribution in [2.75, 3.05) is 20.1 Å². The highest BCUT2D eigenvalue weighted by Gasteiger charge is 2.59. The van der Waals surface area contributed by atoms with E-state index in [9.17, 15) is 14.4 Å². The van der Waals surface area contributed by atoms with Gasteiger partial charge < -0.3 is 25.0 Å². The molecule has 5 aliphatic rings. The van der Waals surface area contributed by atoms with Crippen LogP contribution >= 0.6 is 0 Å². The monoisotopic (exact) mass is 421 g/mol. The summed E-state index contributed by atoms with van der Waals surface area (Å²) < 4.78 is 11.4. The van der Waals surface area contributed by atoms with Crippen LogP contribution in [-0.4, -0.2) is 65.8 Å². The second-order valence-corrected chi connectivity index (χ2v) is 10.9. The molecule has 8 heteroatoms. The molecule has 5 fully saturated rings. The minimum absolute atomic E-state index is 0.0796. The maximum atomic E-state index is 12.9. The van der Waals surface area contributed by atoms with Crippen molar-refractivity contribution >= 4 is 18.1 Å². The van der Waals surface area contributed by atoms with Gasteiger partial charge in [-0.15, -0.1) is 0 Å². The Morgan fingerprint density at radius 2 is 1.73 bits per heavy atom. The maximum Gasteiger partial charge on any atom is 0.410 e. The molecule has 2 N–H and O–H groups in total. The maximum absolute atomic E-state index is 12.9. The van der Waals surface area contributed by atoms with Crippen LogP contribution in [0.2, 0.25) is 0 Å². The van der Waals surface area contributed by atoms with Gasteiger partial charge in [-0.25, -0.2) is 9.59 Å². The molecule has 0 spiro atoms. The lowest BCUT2D eigenvalue weighted by Gasteiger charge is -2.58. The van der Waals surface area contributed by atoms with E-state index in [4.69, 9.17) is 15.2 Å². The lowest BCUT2D eigenvalue weighted by molar-refractivity contribution is -0.161. The Morgan fingerprint density at radius 3 is 2.30 bits per heavy atom. The fourth-order valence-electron chi connectivity index (χ4n) is 6.37. The molecular formula is C22H35N3O5. The standard InChI is InChI=1S/C22H35N3O5/c1-21(2,3)30-19(27)24(4)16-5-6-25(12-16)20(28)29-17-14-7-13-8-15(17)11-22(9-13,10-14)18(23)26/h13-17H,5-12H2,1-4H3,(H2,23,26)/t13?,14-,15?,16+,17?,22-/m0/s1. The Hall–Kier alpha value is -1.99. The van der Waals surface area contributed by atoms with E-state index in [2.05, 4.69) is 0 Å². The quantitative estimate of drug-likeness (QED) is 0.755. The van der Waals surface area contributed by atoms with Gasteiger partial charge in [-0.3, -0.25) is 4.79 Å². The van der Waals surface area contributed by atoms with Crippen LogP contribution in [0.25, 0.3) is 0 Å². The minimum Gasteiger partial charge on any atom is -0.446 e. The van der Waals surface area contributed by atoms with E-state index < -0.39 is 5.60 Å². The first-order valence-corrected chi connectivity index (χ1v) is 11.2. The number of hydrogen-bond donors (Lipinski definition) is 1. The zero-order valence-corrected chi connectivity index (χ0v) is 18.6. The first kappa shape index (κ1) is 21.2. The van der Waals surface area contributed by atoms with Crippen LogP contribution in [0.5, 0.6) is 0 Å². The predicted octanol–water partition coefficient (Wildman–Crippen LogP) is 2.74. The number of rotatable bonds is 3. The van der Waals surface area contributed by atoms with E-state index in [1.165, 1.54) is 0 Å². The molecule has 5 rings (SSSR count). The fraction of sp³-hybridized carbons (Fsp3) is 0.864. The van der Waals surface area contributed by atoms with Gasteiger partial charge in [-0.1, -0.05) is 0 Å².